The Labute approximate surface area is 117 Å². The molecule has 1 atom stereocenters. The maximum Gasteiger partial charge on any atom is 0.416 e. The van der Waals surface area contributed by atoms with Crippen molar-refractivity contribution in [1.29, 1.82) is 0 Å². The van der Waals surface area contributed by atoms with E-state index in [1.807, 2.05) is 29.8 Å². The molecule has 2 aromatic rings. The minimum atomic E-state index is -4.27. The van der Waals surface area contributed by atoms with E-state index >= 15 is 0 Å². The molecule has 1 unspecified atom stereocenters. The Hall–Kier alpha value is -1.75. The van der Waals surface area contributed by atoms with Gasteiger partial charge < -0.3 is 0 Å². The van der Waals surface area contributed by atoms with Crippen molar-refractivity contribution in [3.63, 3.8) is 0 Å². The van der Waals surface area contributed by atoms with Crippen molar-refractivity contribution in [1.82, 2.24) is 0 Å². The van der Waals surface area contributed by atoms with Gasteiger partial charge in [0.25, 0.3) is 0 Å². The standard InChI is InChI=1S/C15H12F3NS/c16-15(17,18)12-7-5-11(6-8-12)9-20-10-19-13-3-1-2-4-14(13)20/h1-8,10,20H,9H2. The molecule has 5 heteroatoms. The number of rotatable bonds is 2. The lowest BCUT2D eigenvalue weighted by Crippen LogP contribution is -2.04. The summed E-state index contributed by atoms with van der Waals surface area (Å²) < 4.78 is 37.5. The Morgan fingerprint density at radius 3 is 2.35 bits per heavy atom. The Balaban J connectivity index is 1.78. The molecule has 0 aromatic heterocycles. The molecular weight excluding hydrogens is 283 g/mol. The summed E-state index contributed by atoms with van der Waals surface area (Å²) in [6.07, 6.45) is -4.27. The van der Waals surface area contributed by atoms with E-state index in [0.717, 1.165) is 29.1 Å². The Kier molecular flexibility index (Phi) is 3.30. The summed E-state index contributed by atoms with van der Waals surface area (Å²) in [5, 5.41) is 0. The van der Waals surface area contributed by atoms with Gasteiger partial charge in [0, 0.05) is 16.2 Å². The number of aliphatic imine (C=N–C) groups is 1. The van der Waals surface area contributed by atoms with E-state index in [9.17, 15) is 13.2 Å². The van der Waals surface area contributed by atoms with Gasteiger partial charge in [0.2, 0.25) is 0 Å². The SMILES string of the molecule is FC(F)(F)c1ccc(C[SH]2C=Nc3ccccc32)cc1. The van der Waals surface area contributed by atoms with Crippen LogP contribution in [0, 0.1) is 0 Å². The van der Waals surface area contributed by atoms with Crippen molar-refractivity contribution in [2.24, 2.45) is 4.99 Å². The van der Waals surface area contributed by atoms with Crippen LogP contribution in [0.3, 0.4) is 0 Å². The molecule has 0 bridgehead atoms. The second kappa shape index (κ2) is 4.98. The Bertz CT molecular complexity index is 647. The molecular formula is C15H12F3NS. The van der Waals surface area contributed by atoms with E-state index in [0.29, 0.717) is 0 Å². The fourth-order valence-electron chi connectivity index (χ4n) is 2.13. The molecule has 104 valence electrons. The van der Waals surface area contributed by atoms with Crippen molar-refractivity contribution in [3.05, 3.63) is 59.7 Å². The first kappa shape index (κ1) is 13.2. The summed E-state index contributed by atoms with van der Waals surface area (Å²) in [7, 11) is -0.548. The van der Waals surface area contributed by atoms with Gasteiger partial charge in [0.1, 0.15) is 0 Å². The van der Waals surface area contributed by atoms with Crippen LogP contribution in [0.15, 0.2) is 58.4 Å². The van der Waals surface area contributed by atoms with Gasteiger partial charge in [-0.05, 0) is 29.8 Å². The van der Waals surface area contributed by atoms with Gasteiger partial charge in [-0.25, -0.2) is 0 Å². The van der Waals surface area contributed by atoms with E-state index in [1.165, 1.54) is 4.90 Å². The highest BCUT2D eigenvalue weighted by atomic mass is 32.2. The van der Waals surface area contributed by atoms with Crippen molar-refractivity contribution < 1.29 is 13.2 Å². The number of hydrogen-bond acceptors (Lipinski definition) is 1. The molecule has 0 N–H and O–H groups in total. The second-order valence-electron chi connectivity index (χ2n) is 4.56. The Morgan fingerprint density at radius 1 is 0.950 bits per heavy atom. The average molecular weight is 295 g/mol. The zero-order chi connectivity index (χ0) is 14.2. The van der Waals surface area contributed by atoms with E-state index < -0.39 is 22.6 Å². The largest absolute Gasteiger partial charge is 0.416 e. The van der Waals surface area contributed by atoms with Crippen LogP contribution in [-0.4, -0.2) is 5.55 Å². The van der Waals surface area contributed by atoms with Gasteiger partial charge >= 0.3 is 6.18 Å². The van der Waals surface area contributed by atoms with Gasteiger partial charge in [-0.2, -0.15) is 24.1 Å². The lowest BCUT2D eigenvalue weighted by molar-refractivity contribution is -0.137. The first-order valence-corrected chi connectivity index (χ1v) is 7.70. The van der Waals surface area contributed by atoms with Gasteiger partial charge in [-0.15, -0.1) is 0 Å². The van der Waals surface area contributed by atoms with Gasteiger partial charge in [-0.3, -0.25) is 4.99 Å². The molecule has 1 heterocycles. The van der Waals surface area contributed by atoms with Crippen LogP contribution in [0.5, 0.6) is 0 Å². The second-order valence-corrected chi connectivity index (χ2v) is 6.52. The maximum absolute atomic E-state index is 12.5. The number of para-hydroxylation sites is 1. The number of thiol groups is 1. The Morgan fingerprint density at radius 2 is 1.65 bits per heavy atom. The summed E-state index contributed by atoms with van der Waals surface area (Å²) in [5.41, 5.74) is 3.21. The predicted molar refractivity (Wildman–Crippen MR) is 77.0 cm³/mol. The van der Waals surface area contributed by atoms with Crippen molar-refractivity contribution >= 4 is 22.1 Å². The third kappa shape index (κ3) is 2.58. The first-order valence-electron chi connectivity index (χ1n) is 6.10. The van der Waals surface area contributed by atoms with Crippen molar-refractivity contribution in [2.45, 2.75) is 16.8 Å². The highest BCUT2D eigenvalue weighted by Gasteiger charge is 2.30. The minimum Gasteiger partial charge on any atom is -0.250 e. The molecule has 0 radical (unpaired) electrons. The smallest absolute Gasteiger partial charge is 0.250 e. The van der Waals surface area contributed by atoms with Gasteiger partial charge in [0.15, 0.2) is 0 Å². The third-order valence-corrected chi connectivity index (χ3v) is 5.26. The minimum absolute atomic E-state index is 0.548. The molecule has 0 saturated heterocycles. The van der Waals surface area contributed by atoms with E-state index in [1.54, 1.807) is 12.1 Å². The van der Waals surface area contributed by atoms with Crippen LogP contribution >= 0.6 is 10.9 Å². The molecule has 0 aliphatic carbocycles. The summed E-state index contributed by atoms with van der Waals surface area (Å²) in [4.78, 5) is 5.55. The maximum atomic E-state index is 12.5. The van der Waals surface area contributed by atoms with Crippen LogP contribution in [0.1, 0.15) is 11.1 Å². The first-order chi connectivity index (χ1) is 9.54. The molecule has 2 aromatic carbocycles. The number of benzene rings is 2. The molecule has 1 aliphatic rings. The average Bonchev–Trinajstić information content (AvgIpc) is 2.82. The summed E-state index contributed by atoms with van der Waals surface area (Å²) in [6, 6.07) is 13.3. The normalized spacial score (nSPS) is 19.1. The molecule has 20 heavy (non-hydrogen) atoms. The molecule has 0 amide bonds. The van der Waals surface area contributed by atoms with Gasteiger partial charge in [-0.1, -0.05) is 24.3 Å². The monoisotopic (exact) mass is 295 g/mol. The lowest BCUT2D eigenvalue weighted by atomic mass is 10.1. The summed E-state index contributed by atoms with van der Waals surface area (Å²) in [5.74, 6) is 0.730. The van der Waals surface area contributed by atoms with E-state index in [4.69, 9.17) is 0 Å². The number of alkyl halides is 3. The van der Waals surface area contributed by atoms with Crippen molar-refractivity contribution in [3.8, 4) is 0 Å². The molecule has 3 rings (SSSR count). The quantitative estimate of drug-likeness (QED) is 0.754. The number of fused-ring (bicyclic) bond motifs is 1. The van der Waals surface area contributed by atoms with Crippen LogP contribution in [0.2, 0.25) is 0 Å². The van der Waals surface area contributed by atoms with Crippen LogP contribution in [0.4, 0.5) is 18.9 Å². The number of hydrogen-bond donors (Lipinski definition) is 1. The highest BCUT2D eigenvalue weighted by molar-refractivity contribution is 8.28. The van der Waals surface area contributed by atoms with Crippen molar-refractivity contribution in [2.75, 3.05) is 0 Å². The number of nitrogens with zero attached hydrogens (tertiary/aromatic N) is 1. The third-order valence-electron chi connectivity index (χ3n) is 3.16. The topological polar surface area (TPSA) is 12.4 Å². The highest BCUT2D eigenvalue weighted by Crippen LogP contribution is 2.47. The summed E-state index contributed by atoms with van der Waals surface area (Å²) >= 11 is 0. The fourth-order valence-corrected chi connectivity index (χ4v) is 4.08. The van der Waals surface area contributed by atoms with Crippen LogP contribution < -0.4 is 0 Å². The molecule has 0 saturated carbocycles. The van der Waals surface area contributed by atoms with Crippen LogP contribution in [-0.2, 0) is 11.9 Å². The zero-order valence-electron chi connectivity index (χ0n) is 10.4. The van der Waals surface area contributed by atoms with Crippen LogP contribution in [0.25, 0.3) is 0 Å². The number of halogens is 3. The molecule has 0 spiro atoms. The predicted octanol–water partition coefficient (Wildman–Crippen LogP) is 4.94. The fraction of sp³-hybridized carbons (Fsp3) is 0.133. The molecule has 1 nitrogen and oxygen atoms in total. The molecule has 1 aliphatic heterocycles. The summed E-state index contributed by atoms with van der Waals surface area (Å²) in [6.45, 7) is 0. The van der Waals surface area contributed by atoms with E-state index in [2.05, 4.69) is 4.99 Å². The van der Waals surface area contributed by atoms with E-state index in [-0.39, 0.29) is 0 Å². The zero-order valence-corrected chi connectivity index (χ0v) is 11.3. The van der Waals surface area contributed by atoms with Gasteiger partial charge in [0.05, 0.1) is 11.3 Å². The molecule has 0 fully saturated rings. The lowest BCUT2D eigenvalue weighted by Gasteiger charge is -2.14.